The molecule has 0 radical (unpaired) electrons. The van der Waals surface area contributed by atoms with Gasteiger partial charge < -0.3 is 9.88 Å². The van der Waals surface area contributed by atoms with Crippen LogP contribution in [0.2, 0.25) is 10.0 Å². The van der Waals surface area contributed by atoms with Crippen molar-refractivity contribution in [3.8, 4) is 0 Å². The van der Waals surface area contributed by atoms with Crippen molar-refractivity contribution in [2.24, 2.45) is 0 Å². The lowest BCUT2D eigenvalue weighted by molar-refractivity contribution is 0.626. The molecule has 4 aromatic rings. The van der Waals surface area contributed by atoms with Gasteiger partial charge in [0.05, 0.1) is 0 Å². The van der Waals surface area contributed by atoms with Crippen LogP contribution in [0.5, 0.6) is 0 Å². The summed E-state index contributed by atoms with van der Waals surface area (Å²) in [7, 11) is 0. The quantitative estimate of drug-likeness (QED) is 0.335. The Bertz CT molecular complexity index is 1120. The zero-order valence-corrected chi connectivity index (χ0v) is 17.3. The molecule has 0 saturated heterocycles. The Morgan fingerprint density at radius 2 is 1.69 bits per heavy atom. The minimum absolute atomic E-state index is 0.318. The van der Waals surface area contributed by atoms with Crippen LogP contribution in [0.3, 0.4) is 0 Å². The second-order valence-corrected chi connectivity index (χ2v) is 7.93. The molecule has 0 unspecified atom stereocenters. The van der Waals surface area contributed by atoms with Crippen molar-refractivity contribution in [1.29, 1.82) is 0 Å². The fourth-order valence-electron chi connectivity index (χ4n) is 3.53. The summed E-state index contributed by atoms with van der Waals surface area (Å²) in [5.41, 5.74) is 4.53. The van der Waals surface area contributed by atoms with Crippen molar-refractivity contribution in [2.75, 3.05) is 6.54 Å². The van der Waals surface area contributed by atoms with Crippen LogP contribution in [-0.4, -0.2) is 11.1 Å². The zero-order valence-electron chi connectivity index (χ0n) is 15.8. The summed E-state index contributed by atoms with van der Waals surface area (Å²) < 4.78 is 15.5. The summed E-state index contributed by atoms with van der Waals surface area (Å²) in [6.07, 6.45) is 3.10. The fourth-order valence-corrected chi connectivity index (χ4v) is 3.89. The number of nitrogens with zero attached hydrogens (tertiary/aromatic N) is 1. The number of rotatable bonds is 7. The molecule has 3 aromatic carbocycles. The van der Waals surface area contributed by atoms with Crippen molar-refractivity contribution in [1.82, 2.24) is 9.88 Å². The molecule has 0 spiro atoms. The number of aromatic nitrogens is 1. The first-order chi connectivity index (χ1) is 14.1. The van der Waals surface area contributed by atoms with Gasteiger partial charge in [-0.2, -0.15) is 0 Å². The third kappa shape index (κ3) is 4.81. The van der Waals surface area contributed by atoms with Gasteiger partial charge in [0.1, 0.15) is 5.82 Å². The lowest BCUT2D eigenvalue weighted by atomic mass is 10.1. The maximum absolute atomic E-state index is 13.4. The highest BCUT2D eigenvalue weighted by molar-refractivity contribution is 6.31. The van der Waals surface area contributed by atoms with Crippen LogP contribution in [0, 0.1) is 5.82 Å². The standard InChI is InChI=1S/C24H21Cl2FN2/c25-20-8-5-17(6-9-20)11-12-28-14-19-16-29(24-4-2-1-3-22(19)24)15-18-7-10-21(27)13-23(18)26/h1-10,13,16,28H,11-12,14-15H2. The highest BCUT2D eigenvalue weighted by Crippen LogP contribution is 2.25. The van der Waals surface area contributed by atoms with E-state index in [2.05, 4.69) is 46.4 Å². The number of halogens is 3. The second-order valence-electron chi connectivity index (χ2n) is 7.09. The van der Waals surface area contributed by atoms with Crippen molar-refractivity contribution in [2.45, 2.75) is 19.5 Å². The lowest BCUT2D eigenvalue weighted by Gasteiger charge is -2.07. The van der Waals surface area contributed by atoms with E-state index in [0.29, 0.717) is 11.6 Å². The van der Waals surface area contributed by atoms with Crippen LogP contribution in [0.15, 0.2) is 72.9 Å². The van der Waals surface area contributed by atoms with E-state index in [1.165, 1.54) is 28.6 Å². The molecular weight excluding hydrogens is 406 g/mol. The number of benzene rings is 3. The smallest absolute Gasteiger partial charge is 0.124 e. The van der Waals surface area contributed by atoms with E-state index in [1.54, 1.807) is 6.07 Å². The first kappa shape index (κ1) is 20.0. The molecule has 0 fully saturated rings. The lowest BCUT2D eigenvalue weighted by Crippen LogP contribution is -2.16. The van der Waals surface area contributed by atoms with Crippen molar-refractivity contribution >= 4 is 34.1 Å². The fraction of sp³-hybridized carbons (Fsp3) is 0.167. The Balaban J connectivity index is 1.47. The van der Waals surface area contributed by atoms with Gasteiger partial charge in [0.2, 0.25) is 0 Å². The Kier molecular flexibility index (Phi) is 6.19. The molecule has 0 aliphatic rings. The molecule has 29 heavy (non-hydrogen) atoms. The second kappa shape index (κ2) is 9.00. The minimum atomic E-state index is -0.318. The van der Waals surface area contributed by atoms with E-state index in [1.807, 2.05) is 18.2 Å². The van der Waals surface area contributed by atoms with Gasteiger partial charge in [0.25, 0.3) is 0 Å². The number of hydrogen-bond donors (Lipinski definition) is 1. The molecule has 2 nitrogen and oxygen atoms in total. The van der Waals surface area contributed by atoms with Gasteiger partial charge in [-0.1, -0.05) is 59.6 Å². The molecular formula is C24H21Cl2FN2. The Labute approximate surface area is 179 Å². The van der Waals surface area contributed by atoms with Gasteiger partial charge in [-0.3, -0.25) is 0 Å². The molecule has 0 saturated carbocycles. The molecule has 0 atom stereocenters. The van der Waals surface area contributed by atoms with Crippen LogP contribution in [0.25, 0.3) is 10.9 Å². The minimum Gasteiger partial charge on any atom is -0.343 e. The largest absolute Gasteiger partial charge is 0.343 e. The van der Waals surface area contributed by atoms with Gasteiger partial charge in [-0.05, 0) is 60.0 Å². The van der Waals surface area contributed by atoms with Crippen molar-refractivity contribution in [3.63, 3.8) is 0 Å². The number of hydrogen-bond acceptors (Lipinski definition) is 1. The van der Waals surface area contributed by atoms with Gasteiger partial charge in [0.15, 0.2) is 0 Å². The predicted molar refractivity (Wildman–Crippen MR) is 119 cm³/mol. The van der Waals surface area contributed by atoms with Crippen LogP contribution in [-0.2, 0) is 19.5 Å². The van der Waals surface area contributed by atoms with E-state index in [-0.39, 0.29) is 5.82 Å². The Morgan fingerprint density at radius 3 is 2.48 bits per heavy atom. The van der Waals surface area contributed by atoms with Crippen LogP contribution < -0.4 is 5.32 Å². The molecule has 1 N–H and O–H groups in total. The normalized spacial score (nSPS) is 11.3. The Morgan fingerprint density at radius 1 is 0.897 bits per heavy atom. The number of nitrogens with one attached hydrogen (secondary N) is 1. The molecule has 0 aliphatic heterocycles. The predicted octanol–water partition coefficient (Wildman–Crippen LogP) is 6.47. The van der Waals surface area contributed by atoms with Gasteiger partial charge in [-0.15, -0.1) is 0 Å². The number of para-hydroxylation sites is 1. The highest BCUT2D eigenvalue weighted by Gasteiger charge is 2.10. The summed E-state index contributed by atoms with van der Waals surface area (Å²) in [6, 6.07) is 20.8. The third-order valence-corrected chi connectivity index (χ3v) is 5.65. The van der Waals surface area contributed by atoms with E-state index < -0.39 is 0 Å². The average Bonchev–Trinajstić information content (AvgIpc) is 3.06. The van der Waals surface area contributed by atoms with Crippen LogP contribution >= 0.6 is 23.2 Å². The summed E-state index contributed by atoms with van der Waals surface area (Å²) >= 11 is 12.2. The average molecular weight is 427 g/mol. The molecule has 4 rings (SSSR count). The summed E-state index contributed by atoms with van der Waals surface area (Å²) in [5.74, 6) is -0.318. The first-order valence-electron chi connectivity index (χ1n) is 9.56. The number of fused-ring (bicyclic) bond motifs is 1. The SMILES string of the molecule is Fc1ccc(Cn2cc(CNCCc3ccc(Cl)cc3)c3ccccc32)c(Cl)c1. The first-order valence-corrected chi connectivity index (χ1v) is 10.3. The van der Waals surface area contributed by atoms with Crippen molar-refractivity contribution < 1.29 is 4.39 Å². The maximum atomic E-state index is 13.4. The van der Waals surface area contributed by atoms with Gasteiger partial charge in [-0.25, -0.2) is 4.39 Å². The van der Waals surface area contributed by atoms with E-state index in [4.69, 9.17) is 23.2 Å². The highest BCUT2D eigenvalue weighted by atomic mass is 35.5. The van der Waals surface area contributed by atoms with E-state index in [9.17, 15) is 4.39 Å². The van der Waals surface area contributed by atoms with Crippen LogP contribution in [0.4, 0.5) is 4.39 Å². The van der Waals surface area contributed by atoms with Crippen LogP contribution in [0.1, 0.15) is 16.7 Å². The summed E-state index contributed by atoms with van der Waals surface area (Å²) in [5, 5.41) is 5.95. The summed E-state index contributed by atoms with van der Waals surface area (Å²) in [4.78, 5) is 0. The molecule has 0 aliphatic carbocycles. The molecule has 1 heterocycles. The van der Waals surface area contributed by atoms with E-state index >= 15 is 0 Å². The zero-order chi connectivity index (χ0) is 20.2. The molecule has 148 valence electrons. The van der Waals surface area contributed by atoms with Gasteiger partial charge in [0, 0.05) is 40.2 Å². The summed E-state index contributed by atoms with van der Waals surface area (Å²) in [6.45, 7) is 2.26. The molecule has 0 bridgehead atoms. The topological polar surface area (TPSA) is 17.0 Å². The molecule has 1 aromatic heterocycles. The third-order valence-electron chi connectivity index (χ3n) is 5.05. The molecule has 0 amide bonds. The van der Waals surface area contributed by atoms with Crippen molar-refractivity contribution in [3.05, 3.63) is 105 Å². The maximum Gasteiger partial charge on any atom is 0.124 e. The van der Waals surface area contributed by atoms with Gasteiger partial charge >= 0.3 is 0 Å². The Hall–Kier alpha value is -2.33. The molecule has 5 heteroatoms. The van der Waals surface area contributed by atoms with E-state index in [0.717, 1.165) is 35.6 Å². The monoisotopic (exact) mass is 426 g/mol.